The standard InChI is InChI=1S/C16H16BrIN2O/c1-11(2)20(10-12-4-3-7-19-9-12)16(21)14-8-13(18)5-6-15(14)17/h3-9,11H,10H2,1-2H3. The molecule has 1 amide bonds. The summed E-state index contributed by atoms with van der Waals surface area (Å²) in [4.78, 5) is 18.8. The van der Waals surface area contributed by atoms with Crippen LogP contribution in [0.15, 0.2) is 47.2 Å². The molecule has 1 aromatic carbocycles. The zero-order valence-electron chi connectivity index (χ0n) is 11.9. The quantitative estimate of drug-likeness (QED) is 0.632. The summed E-state index contributed by atoms with van der Waals surface area (Å²) in [5, 5.41) is 0. The normalized spacial score (nSPS) is 10.7. The maximum absolute atomic E-state index is 12.8. The van der Waals surface area contributed by atoms with Crippen molar-refractivity contribution < 1.29 is 4.79 Å². The van der Waals surface area contributed by atoms with Crippen molar-refractivity contribution in [2.75, 3.05) is 0 Å². The second-order valence-corrected chi connectivity index (χ2v) is 7.11. The number of hydrogen-bond donors (Lipinski definition) is 0. The number of hydrogen-bond acceptors (Lipinski definition) is 2. The molecule has 1 heterocycles. The van der Waals surface area contributed by atoms with E-state index in [4.69, 9.17) is 0 Å². The zero-order valence-corrected chi connectivity index (χ0v) is 15.6. The number of carbonyl (C=O) groups is 1. The highest BCUT2D eigenvalue weighted by Crippen LogP contribution is 2.23. The maximum atomic E-state index is 12.8. The Labute approximate surface area is 147 Å². The van der Waals surface area contributed by atoms with Crippen molar-refractivity contribution in [3.8, 4) is 0 Å². The van der Waals surface area contributed by atoms with E-state index in [2.05, 4.69) is 43.5 Å². The number of aromatic nitrogens is 1. The fraction of sp³-hybridized carbons (Fsp3) is 0.250. The van der Waals surface area contributed by atoms with E-state index in [0.717, 1.165) is 13.6 Å². The van der Waals surface area contributed by atoms with Crippen molar-refractivity contribution in [1.82, 2.24) is 9.88 Å². The molecule has 0 spiro atoms. The number of benzene rings is 1. The van der Waals surface area contributed by atoms with Crippen molar-refractivity contribution >= 4 is 44.4 Å². The van der Waals surface area contributed by atoms with Gasteiger partial charge in [-0.2, -0.15) is 0 Å². The van der Waals surface area contributed by atoms with E-state index in [1.807, 2.05) is 49.1 Å². The van der Waals surface area contributed by atoms with Gasteiger partial charge in [0.15, 0.2) is 0 Å². The Morgan fingerprint density at radius 2 is 2.14 bits per heavy atom. The summed E-state index contributed by atoms with van der Waals surface area (Å²) in [6, 6.07) is 9.78. The van der Waals surface area contributed by atoms with Gasteiger partial charge in [-0.3, -0.25) is 9.78 Å². The van der Waals surface area contributed by atoms with Crippen LogP contribution in [0.25, 0.3) is 0 Å². The first kappa shape index (κ1) is 16.4. The largest absolute Gasteiger partial charge is 0.332 e. The van der Waals surface area contributed by atoms with Crippen molar-refractivity contribution in [2.24, 2.45) is 0 Å². The molecule has 5 heteroatoms. The fourth-order valence-electron chi connectivity index (χ4n) is 1.99. The summed E-state index contributed by atoms with van der Waals surface area (Å²) >= 11 is 5.69. The number of amides is 1. The van der Waals surface area contributed by atoms with Crippen LogP contribution in [0.2, 0.25) is 0 Å². The first-order valence-electron chi connectivity index (χ1n) is 6.64. The first-order chi connectivity index (χ1) is 9.99. The van der Waals surface area contributed by atoms with Gasteiger partial charge < -0.3 is 4.90 Å². The van der Waals surface area contributed by atoms with Crippen molar-refractivity contribution in [3.05, 3.63) is 61.9 Å². The van der Waals surface area contributed by atoms with Crippen LogP contribution in [0.4, 0.5) is 0 Å². The summed E-state index contributed by atoms with van der Waals surface area (Å²) in [7, 11) is 0. The van der Waals surface area contributed by atoms with Gasteiger partial charge in [-0.1, -0.05) is 6.07 Å². The second kappa shape index (κ2) is 7.35. The molecule has 0 aliphatic heterocycles. The van der Waals surface area contributed by atoms with Crippen LogP contribution in [0.1, 0.15) is 29.8 Å². The van der Waals surface area contributed by atoms with Gasteiger partial charge in [0.05, 0.1) is 5.56 Å². The monoisotopic (exact) mass is 458 g/mol. The third-order valence-corrected chi connectivity index (χ3v) is 4.48. The Kier molecular flexibility index (Phi) is 5.75. The smallest absolute Gasteiger partial charge is 0.255 e. The summed E-state index contributed by atoms with van der Waals surface area (Å²) in [6.45, 7) is 4.61. The van der Waals surface area contributed by atoms with E-state index < -0.39 is 0 Å². The van der Waals surface area contributed by atoms with E-state index in [0.29, 0.717) is 12.1 Å². The Bertz CT molecular complexity index is 631. The summed E-state index contributed by atoms with van der Waals surface area (Å²) in [6.07, 6.45) is 3.54. The van der Waals surface area contributed by atoms with Gasteiger partial charge in [0.25, 0.3) is 5.91 Å². The lowest BCUT2D eigenvalue weighted by atomic mass is 10.1. The van der Waals surface area contributed by atoms with Crippen LogP contribution in [-0.4, -0.2) is 21.8 Å². The van der Waals surface area contributed by atoms with Gasteiger partial charge in [-0.25, -0.2) is 0 Å². The van der Waals surface area contributed by atoms with E-state index in [9.17, 15) is 4.79 Å². The SMILES string of the molecule is CC(C)N(Cc1cccnc1)C(=O)c1cc(I)ccc1Br. The summed E-state index contributed by atoms with van der Waals surface area (Å²) < 4.78 is 1.87. The van der Waals surface area contributed by atoms with Crippen LogP contribution in [0, 0.1) is 3.57 Å². The Morgan fingerprint density at radius 1 is 1.38 bits per heavy atom. The molecule has 3 nitrogen and oxygen atoms in total. The molecule has 0 aliphatic carbocycles. The second-order valence-electron chi connectivity index (χ2n) is 5.01. The molecule has 2 aromatic rings. The van der Waals surface area contributed by atoms with Gasteiger partial charge >= 0.3 is 0 Å². The molecule has 2 rings (SSSR count). The molecule has 0 fully saturated rings. The van der Waals surface area contributed by atoms with Crippen LogP contribution in [0.5, 0.6) is 0 Å². The van der Waals surface area contributed by atoms with Gasteiger partial charge in [0.2, 0.25) is 0 Å². The molecular weight excluding hydrogens is 443 g/mol. The molecule has 0 radical (unpaired) electrons. The Morgan fingerprint density at radius 3 is 2.76 bits per heavy atom. The highest BCUT2D eigenvalue weighted by atomic mass is 127. The average Bonchev–Trinajstić information content (AvgIpc) is 2.47. The molecule has 0 bridgehead atoms. The number of halogens is 2. The lowest BCUT2D eigenvalue weighted by Gasteiger charge is -2.27. The first-order valence-corrected chi connectivity index (χ1v) is 8.51. The van der Waals surface area contributed by atoms with Crippen molar-refractivity contribution in [2.45, 2.75) is 26.4 Å². The van der Waals surface area contributed by atoms with E-state index in [-0.39, 0.29) is 11.9 Å². The lowest BCUT2D eigenvalue weighted by Crippen LogP contribution is -2.36. The van der Waals surface area contributed by atoms with Crippen LogP contribution in [-0.2, 0) is 6.54 Å². The molecule has 0 atom stereocenters. The summed E-state index contributed by atoms with van der Waals surface area (Å²) in [5.41, 5.74) is 1.72. The highest BCUT2D eigenvalue weighted by molar-refractivity contribution is 14.1. The van der Waals surface area contributed by atoms with E-state index in [1.54, 1.807) is 12.4 Å². The molecule has 21 heavy (non-hydrogen) atoms. The fourth-order valence-corrected chi connectivity index (χ4v) is 2.90. The highest BCUT2D eigenvalue weighted by Gasteiger charge is 2.21. The molecule has 0 saturated heterocycles. The van der Waals surface area contributed by atoms with Gasteiger partial charge in [-0.15, -0.1) is 0 Å². The van der Waals surface area contributed by atoms with Gasteiger partial charge in [-0.05, 0) is 82.2 Å². The molecule has 110 valence electrons. The molecule has 1 aromatic heterocycles. The minimum atomic E-state index is 0.0271. The summed E-state index contributed by atoms with van der Waals surface area (Å²) in [5.74, 6) is 0.0271. The number of nitrogens with zero attached hydrogens (tertiary/aromatic N) is 2. The number of pyridine rings is 1. The predicted octanol–water partition coefficient (Wildman–Crippen LogP) is 4.50. The number of rotatable bonds is 4. The lowest BCUT2D eigenvalue weighted by molar-refractivity contribution is 0.0689. The Balaban J connectivity index is 2.30. The minimum Gasteiger partial charge on any atom is -0.332 e. The van der Waals surface area contributed by atoms with Gasteiger partial charge in [0, 0.05) is 33.0 Å². The molecule has 0 N–H and O–H groups in total. The Hall–Kier alpha value is -0.950. The van der Waals surface area contributed by atoms with Crippen LogP contribution >= 0.6 is 38.5 Å². The molecular formula is C16H16BrIN2O. The molecule has 0 saturated carbocycles. The van der Waals surface area contributed by atoms with E-state index >= 15 is 0 Å². The third kappa shape index (κ3) is 4.26. The zero-order chi connectivity index (χ0) is 15.4. The third-order valence-electron chi connectivity index (χ3n) is 3.12. The predicted molar refractivity (Wildman–Crippen MR) is 96.1 cm³/mol. The van der Waals surface area contributed by atoms with Crippen molar-refractivity contribution in [3.63, 3.8) is 0 Å². The van der Waals surface area contributed by atoms with Gasteiger partial charge in [0.1, 0.15) is 0 Å². The topological polar surface area (TPSA) is 33.2 Å². The maximum Gasteiger partial charge on any atom is 0.255 e. The minimum absolute atomic E-state index is 0.0271. The molecule has 0 aliphatic rings. The van der Waals surface area contributed by atoms with E-state index in [1.165, 1.54) is 0 Å². The van der Waals surface area contributed by atoms with Crippen LogP contribution in [0.3, 0.4) is 0 Å². The number of carbonyl (C=O) groups excluding carboxylic acids is 1. The average molecular weight is 459 g/mol. The molecule has 0 unspecified atom stereocenters. The van der Waals surface area contributed by atoms with Crippen molar-refractivity contribution in [1.29, 1.82) is 0 Å². The van der Waals surface area contributed by atoms with Crippen LogP contribution < -0.4 is 0 Å².